The van der Waals surface area contributed by atoms with Crippen molar-refractivity contribution in [1.82, 2.24) is 4.90 Å². The first-order valence-electron chi connectivity index (χ1n) is 9.33. The topological polar surface area (TPSA) is 68.9 Å². The van der Waals surface area contributed by atoms with Crippen molar-refractivity contribution in [3.8, 4) is 6.07 Å². The molecule has 0 atom stereocenters. The van der Waals surface area contributed by atoms with E-state index in [0.717, 1.165) is 43.2 Å². The second-order valence-electron chi connectivity index (χ2n) is 6.72. The van der Waals surface area contributed by atoms with Crippen LogP contribution >= 0.6 is 11.8 Å². The predicted octanol–water partition coefficient (Wildman–Crippen LogP) is 3.63. The normalized spacial score (nSPS) is 19.8. The quantitative estimate of drug-likeness (QED) is 0.731. The molecule has 7 heteroatoms. The molecule has 2 aromatic rings. The van der Waals surface area contributed by atoms with Gasteiger partial charge in [-0.1, -0.05) is 12.1 Å². The summed E-state index contributed by atoms with van der Waals surface area (Å²) in [5.74, 6) is -0.0805. The van der Waals surface area contributed by atoms with Crippen molar-refractivity contribution >= 4 is 40.3 Å². The molecule has 29 heavy (non-hydrogen) atoms. The highest BCUT2D eigenvalue weighted by atomic mass is 32.2. The van der Waals surface area contributed by atoms with Crippen molar-refractivity contribution in [1.29, 1.82) is 5.26 Å². The number of benzene rings is 2. The molecule has 2 aliphatic heterocycles. The Morgan fingerprint density at radius 1 is 1.10 bits per heavy atom. The molecule has 0 unspecified atom stereocenters. The zero-order valence-electron chi connectivity index (χ0n) is 16.0. The third-order valence-corrected chi connectivity index (χ3v) is 5.85. The first kappa shape index (κ1) is 19.2. The molecule has 2 heterocycles. The van der Waals surface area contributed by atoms with Crippen molar-refractivity contribution in [3.05, 3.63) is 64.6 Å². The van der Waals surface area contributed by atoms with E-state index in [1.54, 1.807) is 24.1 Å². The number of rotatable bonds is 3. The number of morpholine rings is 1. The van der Waals surface area contributed by atoms with Gasteiger partial charge in [-0.3, -0.25) is 9.69 Å². The van der Waals surface area contributed by atoms with Crippen LogP contribution in [-0.4, -0.2) is 49.3 Å². The van der Waals surface area contributed by atoms with Crippen LogP contribution in [0, 0.1) is 11.3 Å². The van der Waals surface area contributed by atoms with Gasteiger partial charge >= 0.3 is 0 Å². The third kappa shape index (κ3) is 4.34. The number of nitriles is 1. The lowest BCUT2D eigenvalue weighted by molar-refractivity contribution is -0.121. The number of amides is 1. The number of hydrogen-bond donors (Lipinski definition) is 0. The number of anilines is 1. The van der Waals surface area contributed by atoms with Crippen molar-refractivity contribution in [3.63, 3.8) is 0 Å². The Labute approximate surface area is 174 Å². The number of ether oxygens (including phenoxy) is 1. The van der Waals surface area contributed by atoms with Crippen LogP contribution in [0.2, 0.25) is 0 Å². The van der Waals surface area contributed by atoms with Crippen LogP contribution < -0.4 is 4.90 Å². The largest absolute Gasteiger partial charge is 0.378 e. The van der Waals surface area contributed by atoms with E-state index < -0.39 is 0 Å². The summed E-state index contributed by atoms with van der Waals surface area (Å²) in [4.78, 5) is 21.7. The molecule has 0 bridgehead atoms. The number of carbonyl (C=O) groups is 1. The maximum absolute atomic E-state index is 12.6. The first-order chi connectivity index (χ1) is 14.1. The maximum atomic E-state index is 12.6. The molecule has 0 aromatic heterocycles. The number of carbonyl (C=O) groups excluding carboxylic acids is 1. The van der Waals surface area contributed by atoms with Gasteiger partial charge in [-0.05, 0) is 59.8 Å². The molecule has 0 aliphatic carbocycles. The predicted molar refractivity (Wildman–Crippen MR) is 116 cm³/mol. The summed E-state index contributed by atoms with van der Waals surface area (Å²) in [5, 5.41) is 9.55. The Hall–Kier alpha value is -3.08. The van der Waals surface area contributed by atoms with Crippen LogP contribution in [0.1, 0.15) is 11.1 Å². The number of thioether (sulfide) groups is 1. The fraction of sp³-hybridized carbons (Fsp3) is 0.227. The van der Waals surface area contributed by atoms with Crippen molar-refractivity contribution < 1.29 is 9.53 Å². The molecule has 0 radical (unpaired) electrons. The van der Waals surface area contributed by atoms with Gasteiger partial charge in [-0.25, -0.2) is 4.99 Å². The molecule has 2 saturated heterocycles. The molecule has 2 aliphatic rings. The second kappa shape index (κ2) is 8.52. The molecule has 2 aromatic carbocycles. The molecule has 0 saturated carbocycles. The van der Waals surface area contributed by atoms with Crippen LogP contribution in [0.3, 0.4) is 0 Å². The van der Waals surface area contributed by atoms with E-state index in [9.17, 15) is 4.79 Å². The zero-order chi connectivity index (χ0) is 20.2. The summed E-state index contributed by atoms with van der Waals surface area (Å²) in [5.41, 5.74) is 3.44. The number of amidine groups is 1. The highest BCUT2D eigenvalue weighted by Crippen LogP contribution is 2.33. The lowest BCUT2D eigenvalue weighted by Gasteiger charge is -2.28. The molecule has 0 N–H and O–H groups in total. The SMILES string of the molecule is CN1C(=O)C(=Cc2ccc(C#N)cc2)SC1=Nc1ccc(N2CCOCC2)cc1. The highest BCUT2D eigenvalue weighted by Gasteiger charge is 2.30. The molecular weight excluding hydrogens is 384 g/mol. The zero-order valence-corrected chi connectivity index (χ0v) is 16.9. The smallest absolute Gasteiger partial charge is 0.266 e. The van der Waals surface area contributed by atoms with E-state index in [-0.39, 0.29) is 5.91 Å². The number of nitrogens with zero attached hydrogens (tertiary/aromatic N) is 4. The average molecular weight is 404 g/mol. The summed E-state index contributed by atoms with van der Waals surface area (Å²) in [6.45, 7) is 3.29. The Bertz CT molecular complexity index is 1000. The summed E-state index contributed by atoms with van der Waals surface area (Å²) in [6, 6.07) is 17.3. The highest BCUT2D eigenvalue weighted by molar-refractivity contribution is 8.18. The van der Waals surface area contributed by atoms with E-state index in [1.807, 2.05) is 30.3 Å². The van der Waals surface area contributed by atoms with Crippen molar-refractivity contribution in [2.45, 2.75) is 0 Å². The monoisotopic (exact) mass is 404 g/mol. The minimum atomic E-state index is -0.0805. The lowest BCUT2D eigenvalue weighted by atomic mass is 10.1. The fourth-order valence-electron chi connectivity index (χ4n) is 3.13. The number of likely N-dealkylation sites (N-methyl/N-ethyl adjacent to an activating group) is 1. The number of aliphatic imine (C=N–C) groups is 1. The van der Waals surface area contributed by atoms with Gasteiger partial charge in [0.25, 0.3) is 5.91 Å². The van der Waals surface area contributed by atoms with Gasteiger partial charge in [-0.15, -0.1) is 0 Å². The van der Waals surface area contributed by atoms with E-state index in [1.165, 1.54) is 11.8 Å². The fourth-order valence-corrected chi connectivity index (χ4v) is 4.11. The maximum Gasteiger partial charge on any atom is 0.266 e. The molecule has 0 spiro atoms. The van der Waals surface area contributed by atoms with Gasteiger partial charge in [0.15, 0.2) is 5.17 Å². The summed E-state index contributed by atoms with van der Waals surface area (Å²) >= 11 is 1.35. The van der Waals surface area contributed by atoms with E-state index >= 15 is 0 Å². The van der Waals surface area contributed by atoms with E-state index in [2.05, 4.69) is 28.1 Å². The molecule has 6 nitrogen and oxygen atoms in total. The van der Waals surface area contributed by atoms with Crippen LogP contribution in [0.15, 0.2) is 58.4 Å². The van der Waals surface area contributed by atoms with Gasteiger partial charge in [0, 0.05) is 25.8 Å². The van der Waals surface area contributed by atoms with Gasteiger partial charge in [0.2, 0.25) is 0 Å². The van der Waals surface area contributed by atoms with Crippen molar-refractivity contribution in [2.24, 2.45) is 4.99 Å². The van der Waals surface area contributed by atoms with Gasteiger partial charge in [0.05, 0.1) is 35.4 Å². The number of hydrogen-bond acceptors (Lipinski definition) is 6. The first-order valence-corrected chi connectivity index (χ1v) is 10.1. The third-order valence-electron chi connectivity index (χ3n) is 4.79. The standard InChI is InChI=1S/C22H20N4O2S/c1-25-21(27)20(14-16-2-4-17(15-23)5-3-16)29-22(25)24-18-6-8-19(9-7-18)26-10-12-28-13-11-26/h2-9,14H,10-13H2,1H3. The molecular formula is C22H20N4O2S. The summed E-state index contributed by atoms with van der Waals surface area (Å²) < 4.78 is 5.40. The van der Waals surface area contributed by atoms with Crippen LogP contribution in [0.25, 0.3) is 6.08 Å². The van der Waals surface area contributed by atoms with Crippen LogP contribution in [0.4, 0.5) is 11.4 Å². The molecule has 4 rings (SSSR count). The minimum absolute atomic E-state index is 0.0805. The van der Waals surface area contributed by atoms with Crippen molar-refractivity contribution in [2.75, 3.05) is 38.3 Å². The Kier molecular flexibility index (Phi) is 5.65. The molecule has 2 fully saturated rings. The van der Waals surface area contributed by atoms with Crippen LogP contribution in [-0.2, 0) is 9.53 Å². The molecule has 1 amide bonds. The average Bonchev–Trinajstić information content (AvgIpc) is 3.03. The Morgan fingerprint density at radius 2 is 1.79 bits per heavy atom. The van der Waals surface area contributed by atoms with Gasteiger partial charge in [-0.2, -0.15) is 5.26 Å². The summed E-state index contributed by atoms with van der Waals surface area (Å²) in [6.07, 6.45) is 1.83. The van der Waals surface area contributed by atoms with Crippen LogP contribution in [0.5, 0.6) is 0 Å². The Morgan fingerprint density at radius 3 is 2.45 bits per heavy atom. The van der Waals surface area contributed by atoms with E-state index in [4.69, 9.17) is 10.00 Å². The Balaban J connectivity index is 1.51. The minimum Gasteiger partial charge on any atom is -0.378 e. The lowest BCUT2D eigenvalue weighted by Crippen LogP contribution is -2.36. The second-order valence-corrected chi connectivity index (χ2v) is 7.73. The molecule has 146 valence electrons. The summed E-state index contributed by atoms with van der Waals surface area (Å²) in [7, 11) is 1.73. The van der Waals surface area contributed by atoms with Gasteiger partial charge < -0.3 is 9.64 Å². The van der Waals surface area contributed by atoms with Gasteiger partial charge in [0.1, 0.15) is 0 Å². The van der Waals surface area contributed by atoms with E-state index in [0.29, 0.717) is 15.6 Å².